The summed E-state index contributed by atoms with van der Waals surface area (Å²) in [5.74, 6) is -0.284. The fourth-order valence-electron chi connectivity index (χ4n) is 2.67. The predicted octanol–water partition coefficient (Wildman–Crippen LogP) is 5.13. The van der Waals surface area contributed by atoms with Crippen molar-refractivity contribution in [2.24, 2.45) is 0 Å². The van der Waals surface area contributed by atoms with E-state index in [0.717, 1.165) is 11.3 Å². The van der Waals surface area contributed by atoms with E-state index in [1.807, 2.05) is 31.2 Å². The van der Waals surface area contributed by atoms with Crippen molar-refractivity contribution in [1.82, 2.24) is 0 Å². The fraction of sp³-hybridized carbons (Fsp3) is 0.0833. The molecular formula is C24H21FN2O3. The van der Waals surface area contributed by atoms with Crippen LogP contribution in [-0.4, -0.2) is 18.4 Å². The van der Waals surface area contributed by atoms with Crippen molar-refractivity contribution in [2.45, 2.75) is 6.92 Å². The van der Waals surface area contributed by atoms with Crippen molar-refractivity contribution in [3.8, 4) is 5.75 Å². The highest BCUT2D eigenvalue weighted by Gasteiger charge is 2.08. The molecule has 30 heavy (non-hydrogen) atoms. The van der Waals surface area contributed by atoms with Crippen LogP contribution in [-0.2, 0) is 4.79 Å². The van der Waals surface area contributed by atoms with E-state index < -0.39 is 0 Å². The van der Waals surface area contributed by atoms with Gasteiger partial charge < -0.3 is 15.4 Å². The Kier molecular flexibility index (Phi) is 6.95. The van der Waals surface area contributed by atoms with E-state index in [0.29, 0.717) is 23.5 Å². The van der Waals surface area contributed by atoms with E-state index >= 15 is 0 Å². The summed E-state index contributed by atoms with van der Waals surface area (Å²) in [6, 6.07) is 19.4. The number of carbonyl (C=O) groups is 2. The molecule has 0 unspecified atom stereocenters. The zero-order valence-electron chi connectivity index (χ0n) is 16.4. The molecule has 0 atom stereocenters. The second-order valence-corrected chi connectivity index (χ2v) is 6.37. The zero-order chi connectivity index (χ0) is 21.3. The number of ether oxygens (including phenoxy) is 1. The number of halogens is 1. The van der Waals surface area contributed by atoms with E-state index in [-0.39, 0.29) is 17.6 Å². The second kappa shape index (κ2) is 10.0. The van der Waals surface area contributed by atoms with Crippen molar-refractivity contribution in [2.75, 3.05) is 17.2 Å². The van der Waals surface area contributed by atoms with E-state index in [9.17, 15) is 14.0 Å². The zero-order valence-corrected chi connectivity index (χ0v) is 16.4. The van der Waals surface area contributed by atoms with Crippen LogP contribution in [0.25, 0.3) is 6.08 Å². The highest BCUT2D eigenvalue weighted by atomic mass is 19.1. The molecule has 5 nitrogen and oxygen atoms in total. The van der Waals surface area contributed by atoms with Crippen LogP contribution in [0.2, 0.25) is 0 Å². The van der Waals surface area contributed by atoms with Gasteiger partial charge in [0.25, 0.3) is 5.91 Å². The van der Waals surface area contributed by atoms with Crippen molar-refractivity contribution >= 4 is 29.3 Å². The molecule has 3 aromatic rings. The van der Waals surface area contributed by atoms with Crippen molar-refractivity contribution < 1.29 is 18.7 Å². The number of hydrogen-bond donors (Lipinski definition) is 2. The minimum Gasteiger partial charge on any atom is -0.494 e. The van der Waals surface area contributed by atoms with Crippen LogP contribution < -0.4 is 15.4 Å². The summed E-state index contributed by atoms with van der Waals surface area (Å²) in [6.45, 7) is 2.51. The highest BCUT2D eigenvalue weighted by Crippen LogP contribution is 2.15. The molecule has 0 aromatic heterocycles. The Morgan fingerprint density at radius 1 is 0.933 bits per heavy atom. The maximum Gasteiger partial charge on any atom is 0.255 e. The summed E-state index contributed by atoms with van der Waals surface area (Å²) in [7, 11) is 0. The lowest BCUT2D eigenvalue weighted by Gasteiger charge is -2.07. The van der Waals surface area contributed by atoms with Gasteiger partial charge in [0.1, 0.15) is 11.6 Å². The molecule has 0 saturated heterocycles. The number of nitrogens with one attached hydrogen (secondary N) is 2. The minimum absolute atomic E-state index is 0.319. The van der Waals surface area contributed by atoms with Gasteiger partial charge in [-0.3, -0.25) is 9.59 Å². The Balaban J connectivity index is 1.60. The Labute approximate surface area is 174 Å². The average molecular weight is 404 g/mol. The van der Waals surface area contributed by atoms with Gasteiger partial charge >= 0.3 is 0 Å². The molecule has 3 rings (SSSR count). The van der Waals surface area contributed by atoms with Crippen LogP contribution in [0, 0.1) is 5.82 Å². The van der Waals surface area contributed by atoms with Crippen LogP contribution >= 0.6 is 0 Å². The molecule has 0 heterocycles. The lowest BCUT2D eigenvalue weighted by molar-refractivity contribution is -0.111. The molecule has 0 spiro atoms. The van der Waals surface area contributed by atoms with Gasteiger partial charge in [0.15, 0.2) is 0 Å². The van der Waals surface area contributed by atoms with E-state index in [1.165, 1.54) is 30.3 Å². The highest BCUT2D eigenvalue weighted by molar-refractivity contribution is 6.06. The fourth-order valence-corrected chi connectivity index (χ4v) is 2.67. The van der Waals surface area contributed by atoms with Gasteiger partial charge in [0.2, 0.25) is 5.91 Å². The van der Waals surface area contributed by atoms with Gasteiger partial charge in [-0.15, -0.1) is 0 Å². The standard InChI is InChI=1S/C24H21FN2O3/c1-2-30-22-13-6-17(7-14-22)8-15-23(28)26-21-5-3-4-18(16-21)24(29)27-20-11-9-19(25)10-12-20/h3-16H,2H2,1H3,(H,26,28)(H,27,29)/b15-8+. The number of carbonyl (C=O) groups excluding carboxylic acids is 2. The maximum absolute atomic E-state index is 13.0. The topological polar surface area (TPSA) is 67.4 Å². The number of rotatable bonds is 7. The van der Waals surface area contributed by atoms with Crippen LogP contribution in [0.15, 0.2) is 78.9 Å². The molecule has 3 aromatic carbocycles. The third kappa shape index (κ3) is 6.04. The quantitative estimate of drug-likeness (QED) is 0.537. The summed E-state index contributed by atoms with van der Waals surface area (Å²) in [4.78, 5) is 24.6. The van der Waals surface area contributed by atoms with Crippen molar-refractivity contribution in [3.05, 3.63) is 95.8 Å². The first-order valence-electron chi connectivity index (χ1n) is 9.42. The Bertz CT molecular complexity index is 1040. The number of benzene rings is 3. The van der Waals surface area contributed by atoms with Crippen molar-refractivity contribution in [3.63, 3.8) is 0 Å². The average Bonchev–Trinajstić information content (AvgIpc) is 2.75. The lowest BCUT2D eigenvalue weighted by Crippen LogP contribution is -2.13. The third-order valence-corrected chi connectivity index (χ3v) is 4.11. The summed E-state index contributed by atoms with van der Waals surface area (Å²) in [6.07, 6.45) is 3.11. The molecule has 0 aliphatic heterocycles. The number of hydrogen-bond acceptors (Lipinski definition) is 3. The number of amides is 2. The van der Waals surface area contributed by atoms with Crippen molar-refractivity contribution in [1.29, 1.82) is 0 Å². The minimum atomic E-state index is -0.379. The summed E-state index contributed by atoms with van der Waals surface area (Å²) < 4.78 is 18.4. The van der Waals surface area contributed by atoms with E-state index in [2.05, 4.69) is 10.6 Å². The summed E-state index contributed by atoms with van der Waals surface area (Å²) in [5, 5.41) is 5.41. The van der Waals surface area contributed by atoms with E-state index in [4.69, 9.17) is 4.74 Å². The van der Waals surface area contributed by atoms with Crippen LogP contribution in [0.5, 0.6) is 5.75 Å². The van der Waals surface area contributed by atoms with Gasteiger partial charge in [-0.05, 0) is 73.2 Å². The molecule has 6 heteroatoms. The molecule has 2 N–H and O–H groups in total. The van der Waals surface area contributed by atoms with Gasteiger partial charge in [0.05, 0.1) is 6.61 Å². The predicted molar refractivity (Wildman–Crippen MR) is 116 cm³/mol. The Hall–Kier alpha value is -3.93. The summed E-state index contributed by atoms with van der Waals surface area (Å²) >= 11 is 0. The summed E-state index contributed by atoms with van der Waals surface area (Å²) in [5.41, 5.74) is 2.20. The first kappa shape index (κ1) is 20.8. The molecular weight excluding hydrogens is 383 g/mol. The number of anilines is 2. The SMILES string of the molecule is CCOc1ccc(/C=C/C(=O)Nc2cccc(C(=O)Nc3ccc(F)cc3)c2)cc1. The molecule has 152 valence electrons. The molecule has 0 bridgehead atoms. The molecule has 0 radical (unpaired) electrons. The van der Waals surface area contributed by atoms with Crippen LogP contribution in [0.4, 0.5) is 15.8 Å². The maximum atomic E-state index is 13.0. The largest absolute Gasteiger partial charge is 0.494 e. The normalized spacial score (nSPS) is 10.6. The molecule has 0 aliphatic carbocycles. The molecule has 2 amide bonds. The Morgan fingerprint density at radius 2 is 1.67 bits per heavy atom. The van der Waals surface area contributed by atoms with Gasteiger partial charge in [-0.1, -0.05) is 18.2 Å². The van der Waals surface area contributed by atoms with Gasteiger partial charge in [-0.25, -0.2) is 4.39 Å². The molecule has 0 aliphatic rings. The first-order valence-corrected chi connectivity index (χ1v) is 9.42. The van der Waals surface area contributed by atoms with E-state index in [1.54, 1.807) is 30.3 Å². The second-order valence-electron chi connectivity index (χ2n) is 6.37. The van der Waals surface area contributed by atoms with Crippen LogP contribution in [0.3, 0.4) is 0 Å². The van der Waals surface area contributed by atoms with Gasteiger partial charge in [-0.2, -0.15) is 0 Å². The first-order chi connectivity index (χ1) is 14.5. The van der Waals surface area contributed by atoms with Gasteiger partial charge in [0, 0.05) is 23.0 Å². The lowest BCUT2D eigenvalue weighted by atomic mass is 10.1. The monoisotopic (exact) mass is 404 g/mol. The Morgan fingerprint density at radius 3 is 2.37 bits per heavy atom. The molecule has 0 saturated carbocycles. The molecule has 0 fully saturated rings. The van der Waals surface area contributed by atoms with Crippen LogP contribution in [0.1, 0.15) is 22.8 Å². The third-order valence-electron chi connectivity index (χ3n) is 4.11. The smallest absolute Gasteiger partial charge is 0.255 e.